The van der Waals surface area contributed by atoms with E-state index in [0.717, 1.165) is 45.0 Å². The van der Waals surface area contributed by atoms with Crippen LogP contribution in [0.5, 0.6) is 0 Å². The van der Waals surface area contributed by atoms with E-state index in [1.165, 1.54) is 12.8 Å². The van der Waals surface area contributed by atoms with Gasteiger partial charge in [0.25, 0.3) is 0 Å². The molecule has 1 aliphatic carbocycles. The van der Waals surface area contributed by atoms with Gasteiger partial charge >= 0.3 is 6.09 Å². The zero-order valence-electron chi connectivity index (χ0n) is 20.1. The van der Waals surface area contributed by atoms with Crippen LogP contribution in [0.3, 0.4) is 0 Å². The highest BCUT2D eigenvalue weighted by Gasteiger charge is 2.35. The molecule has 1 aliphatic heterocycles. The van der Waals surface area contributed by atoms with E-state index in [0.29, 0.717) is 18.9 Å². The number of hydrogen-bond donors (Lipinski definition) is 1. The summed E-state index contributed by atoms with van der Waals surface area (Å²) in [6, 6.07) is 0.204. The molecule has 0 aromatic heterocycles. The second-order valence-corrected chi connectivity index (χ2v) is 9.57. The van der Waals surface area contributed by atoms with Gasteiger partial charge in [-0.2, -0.15) is 0 Å². The van der Waals surface area contributed by atoms with Crippen molar-refractivity contribution in [1.82, 2.24) is 20.0 Å². The molecule has 31 heavy (non-hydrogen) atoms. The molecule has 2 aliphatic rings. The SMILES string of the molecule is CCNC(=NCCC(=O)N(C)C)N1CCC(N(CC2CC2)C(=O)OC(C)(C)C)CC1.I. The molecule has 0 aromatic carbocycles. The highest BCUT2D eigenvalue weighted by molar-refractivity contribution is 14.0. The third kappa shape index (κ3) is 9.82. The molecule has 9 heteroatoms. The molecule has 1 saturated heterocycles. The quantitative estimate of drug-likeness (QED) is 0.299. The van der Waals surface area contributed by atoms with E-state index in [1.807, 2.05) is 32.6 Å². The molecule has 2 fully saturated rings. The summed E-state index contributed by atoms with van der Waals surface area (Å²) in [4.78, 5) is 35.1. The minimum Gasteiger partial charge on any atom is -0.444 e. The van der Waals surface area contributed by atoms with E-state index in [2.05, 4.69) is 15.2 Å². The van der Waals surface area contributed by atoms with Gasteiger partial charge < -0.3 is 24.8 Å². The lowest BCUT2D eigenvalue weighted by Crippen LogP contribution is -2.52. The Balaban J connectivity index is 0.00000480. The van der Waals surface area contributed by atoms with Gasteiger partial charge in [0.1, 0.15) is 5.60 Å². The van der Waals surface area contributed by atoms with Gasteiger partial charge in [-0.25, -0.2) is 4.79 Å². The van der Waals surface area contributed by atoms with Crippen molar-refractivity contribution in [2.24, 2.45) is 10.9 Å². The first-order valence-corrected chi connectivity index (χ1v) is 11.3. The number of aliphatic imine (C=N–C) groups is 1. The number of likely N-dealkylation sites (tertiary alicyclic amines) is 1. The fraction of sp³-hybridized carbons (Fsp3) is 0.864. The van der Waals surface area contributed by atoms with Crippen molar-refractivity contribution in [3.05, 3.63) is 0 Å². The first kappa shape index (κ1) is 27.8. The molecule has 1 heterocycles. The summed E-state index contributed by atoms with van der Waals surface area (Å²) in [5.74, 6) is 1.57. The minimum atomic E-state index is -0.478. The zero-order chi connectivity index (χ0) is 22.3. The molecule has 8 nitrogen and oxygen atoms in total. The summed E-state index contributed by atoms with van der Waals surface area (Å²) in [5, 5.41) is 3.34. The molecule has 0 aromatic rings. The van der Waals surface area contributed by atoms with Crippen molar-refractivity contribution in [3.8, 4) is 0 Å². The lowest BCUT2D eigenvalue weighted by Gasteiger charge is -2.40. The second kappa shape index (κ2) is 12.7. The average Bonchev–Trinajstić information content (AvgIpc) is 3.48. The van der Waals surface area contributed by atoms with Gasteiger partial charge in [-0.05, 0) is 59.3 Å². The predicted molar refractivity (Wildman–Crippen MR) is 135 cm³/mol. The van der Waals surface area contributed by atoms with Gasteiger partial charge in [0, 0.05) is 52.7 Å². The number of halogens is 1. The maximum Gasteiger partial charge on any atom is 0.410 e. The highest BCUT2D eigenvalue weighted by atomic mass is 127. The topological polar surface area (TPSA) is 77.5 Å². The zero-order valence-corrected chi connectivity index (χ0v) is 22.5. The second-order valence-electron chi connectivity index (χ2n) is 9.57. The van der Waals surface area contributed by atoms with Crippen molar-refractivity contribution in [2.75, 3.05) is 46.8 Å². The van der Waals surface area contributed by atoms with E-state index < -0.39 is 5.60 Å². The first-order chi connectivity index (χ1) is 14.1. The van der Waals surface area contributed by atoms with E-state index >= 15 is 0 Å². The molecule has 0 bridgehead atoms. The van der Waals surface area contributed by atoms with E-state index in [1.54, 1.807) is 19.0 Å². The molecule has 0 spiro atoms. The molecule has 0 radical (unpaired) electrons. The molecule has 2 rings (SSSR count). The number of guanidine groups is 1. The van der Waals surface area contributed by atoms with Gasteiger partial charge in [-0.15, -0.1) is 24.0 Å². The van der Waals surface area contributed by atoms with Crippen molar-refractivity contribution >= 4 is 41.9 Å². The Hall–Kier alpha value is -1.26. The molecular formula is C22H42IN5O3. The summed E-state index contributed by atoms with van der Waals surface area (Å²) >= 11 is 0. The summed E-state index contributed by atoms with van der Waals surface area (Å²) in [6.45, 7) is 11.5. The number of nitrogens with one attached hydrogen (secondary N) is 1. The number of hydrogen-bond acceptors (Lipinski definition) is 4. The van der Waals surface area contributed by atoms with Crippen LogP contribution in [0.15, 0.2) is 4.99 Å². The number of nitrogens with zero attached hydrogens (tertiary/aromatic N) is 4. The Labute approximate surface area is 205 Å². The van der Waals surface area contributed by atoms with E-state index in [-0.39, 0.29) is 42.0 Å². The fourth-order valence-electron chi connectivity index (χ4n) is 3.57. The molecular weight excluding hydrogens is 509 g/mol. The maximum absolute atomic E-state index is 12.8. The number of carbonyl (C=O) groups excluding carboxylic acids is 2. The Kier molecular flexibility index (Phi) is 11.4. The minimum absolute atomic E-state index is 0. The summed E-state index contributed by atoms with van der Waals surface area (Å²) in [7, 11) is 3.53. The monoisotopic (exact) mass is 551 g/mol. The van der Waals surface area contributed by atoms with Crippen LogP contribution in [0.25, 0.3) is 0 Å². The van der Waals surface area contributed by atoms with Crippen LogP contribution in [0.2, 0.25) is 0 Å². The summed E-state index contributed by atoms with van der Waals surface area (Å²) in [5.41, 5.74) is -0.478. The molecule has 0 unspecified atom stereocenters. The van der Waals surface area contributed by atoms with Crippen molar-refractivity contribution in [3.63, 3.8) is 0 Å². The van der Waals surface area contributed by atoms with Gasteiger partial charge in [0.05, 0.1) is 6.54 Å². The van der Waals surface area contributed by atoms with E-state index in [4.69, 9.17) is 4.74 Å². The van der Waals surface area contributed by atoms with Gasteiger partial charge in [-0.1, -0.05) is 0 Å². The fourth-order valence-corrected chi connectivity index (χ4v) is 3.57. The van der Waals surface area contributed by atoms with Crippen molar-refractivity contribution in [1.29, 1.82) is 0 Å². The Morgan fingerprint density at radius 3 is 2.23 bits per heavy atom. The van der Waals surface area contributed by atoms with Crippen LogP contribution in [0.4, 0.5) is 4.79 Å². The van der Waals surface area contributed by atoms with E-state index in [9.17, 15) is 9.59 Å². The van der Waals surface area contributed by atoms with Gasteiger partial charge in [0.15, 0.2) is 5.96 Å². The van der Waals surface area contributed by atoms with Crippen LogP contribution in [-0.2, 0) is 9.53 Å². The van der Waals surface area contributed by atoms with Crippen LogP contribution in [0.1, 0.15) is 59.8 Å². The smallest absolute Gasteiger partial charge is 0.410 e. The molecule has 180 valence electrons. The van der Waals surface area contributed by atoms with Crippen LogP contribution >= 0.6 is 24.0 Å². The van der Waals surface area contributed by atoms with Crippen LogP contribution < -0.4 is 5.32 Å². The first-order valence-electron chi connectivity index (χ1n) is 11.3. The number of amides is 2. The van der Waals surface area contributed by atoms with Crippen molar-refractivity contribution < 1.29 is 14.3 Å². The summed E-state index contributed by atoms with van der Waals surface area (Å²) < 4.78 is 5.69. The number of carbonyl (C=O) groups is 2. The van der Waals surface area contributed by atoms with Gasteiger partial charge in [0.2, 0.25) is 5.91 Å². The predicted octanol–water partition coefficient (Wildman–Crippen LogP) is 3.16. The summed E-state index contributed by atoms with van der Waals surface area (Å²) in [6.07, 6.45) is 4.43. The highest BCUT2D eigenvalue weighted by Crippen LogP contribution is 2.32. The molecule has 2 amide bonds. The third-order valence-electron chi connectivity index (χ3n) is 5.41. The normalized spacial score (nSPS) is 17.6. The lowest BCUT2D eigenvalue weighted by atomic mass is 10.0. The molecule has 1 N–H and O–H groups in total. The van der Waals surface area contributed by atoms with Gasteiger partial charge in [-0.3, -0.25) is 9.79 Å². The standard InChI is InChI=1S/C22H41N5O3.HI/c1-7-23-20(24-13-10-19(28)25(5)6)26-14-11-18(12-15-26)27(16-17-8-9-17)21(29)30-22(2,3)4;/h17-18H,7-16H2,1-6H3,(H,23,24);1H. The Morgan fingerprint density at radius 1 is 1.13 bits per heavy atom. The Morgan fingerprint density at radius 2 is 1.74 bits per heavy atom. The molecule has 1 saturated carbocycles. The van der Waals surface area contributed by atoms with Crippen LogP contribution in [0, 0.1) is 5.92 Å². The van der Waals surface area contributed by atoms with Crippen LogP contribution in [-0.4, -0.2) is 91.1 Å². The molecule has 0 atom stereocenters. The number of rotatable bonds is 7. The largest absolute Gasteiger partial charge is 0.444 e. The number of piperidine rings is 1. The average molecular weight is 552 g/mol. The maximum atomic E-state index is 12.8. The Bertz CT molecular complexity index is 609. The van der Waals surface area contributed by atoms with Crippen molar-refractivity contribution in [2.45, 2.75) is 71.4 Å². The third-order valence-corrected chi connectivity index (χ3v) is 5.41. The number of ether oxygens (including phenoxy) is 1. The lowest BCUT2D eigenvalue weighted by molar-refractivity contribution is -0.128.